The molecule has 0 bridgehead atoms. The molecule has 1 aromatic carbocycles. The zero-order chi connectivity index (χ0) is 15.1. The van der Waals surface area contributed by atoms with Crippen LogP contribution in [-0.4, -0.2) is 23.9 Å². The molecule has 20 heavy (non-hydrogen) atoms. The van der Waals surface area contributed by atoms with E-state index >= 15 is 0 Å². The van der Waals surface area contributed by atoms with Crippen LogP contribution >= 0.6 is 0 Å². The third-order valence-electron chi connectivity index (χ3n) is 3.58. The molecule has 0 unspecified atom stereocenters. The topological polar surface area (TPSA) is 49.4 Å². The van der Waals surface area contributed by atoms with Gasteiger partial charge >= 0.3 is 0 Å². The number of carbonyl (C=O) groups is 2. The molecule has 1 aliphatic heterocycles. The summed E-state index contributed by atoms with van der Waals surface area (Å²) >= 11 is 0. The number of hydrogen-bond acceptors (Lipinski definition) is 2. The Morgan fingerprint density at radius 1 is 1.10 bits per heavy atom. The molecule has 0 spiro atoms. The maximum Gasteiger partial charge on any atom is 0.252 e. The fourth-order valence-electron chi connectivity index (χ4n) is 2.34. The van der Waals surface area contributed by atoms with Crippen molar-refractivity contribution in [3.8, 4) is 0 Å². The van der Waals surface area contributed by atoms with Crippen molar-refractivity contribution in [1.82, 2.24) is 5.32 Å². The second-order valence-electron chi connectivity index (χ2n) is 6.86. The number of nitrogens with one attached hydrogen (secondary N) is 1. The smallest absolute Gasteiger partial charge is 0.252 e. The molecular formula is C16H22N2O2. The molecular weight excluding hydrogens is 252 g/mol. The van der Waals surface area contributed by atoms with Gasteiger partial charge in [0.1, 0.15) is 12.1 Å². The number of anilines is 1. The highest BCUT2D eigenvalue weighted by atomic mass is 16.2. The maximum atomic E-state index is 12.4. The number of hydrogen-bond donors (Lipinski definition) is 1. The largest absolute Gasteiger partial charge is 0.341 e. The van der Waals surface area contributed by atoms with Gasteiger partial charge in [0.05, 0.1) is 0 Å². The highest BCUT2D eigenvalue weighted by molar-refractivity contribution is 6.08. The van der Waals surface area contributed by atoms with Gasteiger partial charge in [-0.15, -0.1) is 0 Å². The van der Waals surface area contributed by atoms with E-state index in [1.807, 2.05) is 24.3 Å². The van der Waals surface area contributed by atoms with Crippen LogP contribution in [0.4, 0.5) is 5.69 Å². The molecule has 0 aliphatic carbocycles. The molecule has 2 rings (SSSR count). The van der Waals surface area contributed by atoms with E-state index in [-0.39, 0.29) is 23.8 Å². The second kappa shape index (κ2) is 4.62. The van der Waals surface area contributed by atoms with E-state index in [2.05, 4.69) is 26.1 Å². The molecule has 1 heterocycles. The van der Waals surface area contributed by atoms with Crippen LogP contribution < -0.4 is 10.2 Å². The van der Waals surface area contributed by atoms with E-state index in [1.165, 1.54) is 5.56 Å². The van der Waals surface area contributed by atoms with Crippen LogP contribution in [0.3, 0.4) is 0 Å². The Kier molecular flexibility index (Phi) is 3.36. The summed E-state index contributed by atoms with van der Waals surface area (Å²) < 4.78 is 0. The monoisotopic (exact) mass is 274 g/mol. The quantitative estimate of drug-likeness (QED) is 0.853. The van der Waals surface area contributed by atoms with Crippen molar-refractivity contribution in [2.45, 2.75) is 45.6 Å². The molecule has 1 fully saturated rings. The van der Waals surface area contributed by atoms with Crippen molar-refractivity contribution in [1.29, 1.82) is 0 Å². The third kappa shape index (κ3) is 2.69. The molecule has 0 radical (unpaired) electrons. The van der Waals surface area contributed by atoms with Crippen LogP contribution in [-0.2, 0) is 15.0 Å². The fourth-order valence-corrected chi connectivity index (χ4v) is 2.34. The lowest BCUT2D eigenvalue weighted by molar-refractivity contribution is -0.134. The Hall–Kier alpha value is -1.84. The van der Waals surface area contributed by atoms with E-state index < -0.39 is 5.54 Å². The predicted molar refractivity (Wildman–Crippen MR) is 79.7 cm³/mol. The van der Waals surface area contributed by atoms with Crippen LogP contribution in [0.5, 0.6) is 0 Å². The Labute approximate surface area is 120 Å². The summed E-state index contributed by atoms with van der Waals surface area (Å²) in [7, 11) is 0. The van der Waals surface area contributed by atoms with E-state index in [9.17, 15) is 9.59 Å². The average molecular weight is 274 g/mol. The lowest BCUT2D eigenvalue weighted by atomic mass is 9.87. The standard InChI is InChI=1S/C16H22N2O2/c1-15(2,3)11-6-8-12(9-7-11)18-10-13(19)17-16(4,5)14(18)20/h6-9H,10H2,1-5H3,(H,17,19). The molecule has 4 heteroatoms. The van der Waals surface area contributed by atoms with Crippen molar-refractivity contribution in [3.05, 3.63) is 29.8 Å². The zero-order valence-corrected chi connectivity index (χ0v) is 12.8. The minimum atomic E-state index is -0.849. The molecule has 1 aromatic rings. The first-order chi connectivity index (χ1) is 9.11. The highest BCUT2D eigenvalue weighted by Crippen LogP contribution is 2.27. The minimum absolute atomic E-state index is 0.0705. The summed E-state index contributed by atoms with van der Waals surface area (Å²) in [5.41, 5.74) is 1.19. The van der Waals surface area contributed by atoms with E-state index in [1.54, 1.807) is 18.7 Å². The summed E-state index contributed by atoms with van der Waals surface area (Å²) in [6, 6.07) is 7.85. The Morgan fingerprint density at radius 3 is 2.15 bits per heavy atom. The highest BCUT2D eigenvalue weighted by Gasteiger charge is 2.39. The first-order valence-electron chi connectivity index (χ1n) is 6.85. The molecule has 4 nitrogen and oxygen atoms in total. The van der Waals surface area contributed by atoms with Gasteiger partial charge < -0.3 is 10.2 Å². The molecule has 0 aromatic heterocycles. The van der Waals surface area contributed by atoms with Crippen molar-refractivity contribution < 1.29 is 9.59 Å². The molecule has 108 valence electrons. The Morgan fingerprint density at radius 2 is 1.65 bits per heavy atom. The van der Waals surface area contributed by atoms with Crippen molar-refractivity contribution in [2.24, 2.45) is 0 Å². The first kappa shape index (κ1) is 14.6. The van der Waals surface area contributed by atoms with Gasteiger partial charge in [0, 0.05) is 5.69 Å². The van der Waals surface area contributed by atoms with Gasteiger partial charge in [-0.2, -0.15) is 0 Å². The van der Waals surface area contributed by atoms with Crippen molar-refractivity contribution >= 4 is 17.5 Å². The molecule has 1 saturated heterocycles. The van der Waals surface area contributed by atoms with E-state index in [4.69, 9.17) is 0 Å². The first-order valence-corrected chi connectivity index (χ1v) is 6.85. The third-order valence-corrected chi connectivity index (χ3v) is 3.58. The van der Waals surface area contributed by atoms with Gasteiger partial charge in [-0.25, -0.2) is 0 Å². The van der Waals surface area contributed by atoms with Crippen molar-refractivity contribution in [3.63, 3.8) is 0 Å². The van der Waals surface area contributed by atoms with Crippen molar-refractivity contribution in [2.75, 3.05) is 11.4 Å². The normalized spacial score (nSPS) is 18.9. The average Bonchev–Trinajstić information content (AvgIpc) is 2.32. The summed E-state index contributed by atoms with van der Waals surface area (Å²) in [5.74, 6) is -0.213. The number of rotatable bonds is 1. The number of benzene rings is 1. The number of carbonyl (C=O) groups excluding carboxylic acids is 2. The predicted octanol–water partition coefficient (Wildman–Crippen LogP) is 2.23. The van der Waals surface area contributed by atoms with E-state index in [0.29, 0.717) is 0 Å². The summed E-state index contributed by atoms with van der Waals surface area (Å²) in [6.45, 7) is 9.96. The second-order valence-corrected chi connectivity index (χ2v) is 6.86. The van der Waals surface area contributed by atoms with Crippen LogP contribution in [0.15, 0.2) is 24.3 Å². The Balaban J connectivity index is 2.31. The van der Waals surface area contributed by atoms with Gasteiger partial charge in [0.25, 0.3) is 5.91 Å². The van der Waals surface area contributed by atoms with Crippen LogP contribution in [0, 0.1) is 0 Å². The summed E-state index contributed by atoms with van der Waals surface area (Å²) in [6.07, 6.45) is 0. The minimum Gasteiger partial charge on any atom is -0.341 e. The summed E-state index contributed by atoms with van der Waals surface area (Å²) in [4.78, 5) is 25.7. The van der Waals surface area contributed by atoms with E-state index in [0.717, 1.165) is 5.69 Å². The maximum absolute atomic E-state index is 12.4. The van der Waals surface area contributed by atoms with Gasteiger partial charge in [0.15, 0.2) is 0 Å². The van der Waals surface area contributed by atoms with Gasteiger partial charge in [-0.3, -0.25) is 9.59 Å². The molecule has 2 amide bonds. The summed E-state index contributed by atoms with van der Waals surface area (Å²) in [5, 5.41) is 2.71. The molecule has 0 saturated carbocycles. The molecule has 1 aliphatic rings. The lowest BCUT2D eigenvalue weighted by Crippen LogP contribution is -2.64. The van der Waals surface area contributed by atoms with Crippen LogP contribution in [0.2, 0.25) is 0 Å². The Bertz CT molecular complexity index is 539. The number of nitrogens with zero attached hydrogens (tertiary/aromatic N) is 1. The van der Waals surface area contributed by atoms with Gasteiger partial charge in [-0.05, 0) is 37.0 Å². The van der Waals surface area contributed by atoms with Gasteiger partial charge in [-0.1, -0.05) is 32.9 Å². The SMILES string of the molecule is CC1(C)NC(=O)CN(c2ccc(C(C)(C)C)cc2)C1=O. The van der Waals surface area contributed by atoms with Crippen LogP contribution in [0.1, 0.15) is 40.2 Å². The lowest BCUT2D eigenvalue weighted by Gasteiger charge is -2.37. The zero-order valence-electron chi connectivity index (χ0n) is 12.8. The molecule has 1 N–H and O–H groups in total. The molecule has 0 atom stereocenters. The number of piperazine rings is 1. The van der Waals surface area contributed by atoms with Gasteiger partial charge in [0.2, 0.25) is 5.91 Å². The van der Waals surface area contributed by atoms with Crippen LogP contribution in [0.25, 0.3) is 0 Å². The number of amides is 2. The fraction of sp³-hybridized carbons (Fsp3) is 0.500.